The molecule has 0 aliphatic rings. The normalized spacial score (nSPS) is 11.9. The van der Waals surface area contributed by atoms with Crippen LogP contribution in [0, 0.1) is 0 Å². The van der Waals surface area contributed by atoms with Crippen molar-refractivity contribution in [2.45, 2.75) is 0 Å². The number of para-hydroxylation sites is 2. The average molecular weight is 585 g/mol. The standard InChI is InChI=1S/C44H28N2/c1-2-15-34(16-3-1)46-43-28-42-39(27-40(43)38-24-23-30-12-6-7-18-36(30)44(38)46)37-19-8-9-20-41(37)45(42)35-17-10-14-32(26-35)33-22-21-29-11-4-5-13-31(29)25-33/h1-28H. The fourth-order valence-electron chi connectivity index (χ4n) is 7.56. The van der Waals surface area contributed by atoms with E-state index in [0.717, 1.165) is 5.69 Å². The maximum atomic E-state index is 2.46. The van der Waals surface area contributed by atoms with E-state index in [4.69, 9.17) is 0 Å². The fourth-order valence-corrected chi connectivity index (χ4v) is 7.56. The molecule has 0 spiro atoms. The Morgan fingerprint density at radius 2 is 0.935 bits per heavy atom. The van der Waals surface area contributed by atoms with E-state index in [1.165, 1.54) is 82.0 Å². The predicted molar refractivity (Wildman–Crippen MR) is 196 cm³/mol. The Labute approximate surface area is 266 Å². The van der Waals surface area contributed by atoms with Gasteiger partial charge in [-0.05, 0) is 75.8 Å². The van der Waals surface area contributed by atoms with Crippen LogP contribution in [0.25, 0.3) is 87.7 Å². The summed E-state index contributed by atoms with van der Waals surface area (Å²) in [7, 11) is 0. The van der Waals surface area contributed by atoms with Crippen molar-refractivity contribution in [1.29, 1.82) is 0 Å². The van der Waals surface area contributed by atoms with Gasteiger partial charge < -0.3 is 9.13 Å². The van der Waals surface area contributed by atoms with E-state index < -0.39 is 0 Å². The maximum absolute atomic E-state index is 2.46. The van der Waals surface area contributed by atoms with Gasteiger partial charge in [0.1, 0.15) is 0 Å². The first-order valence-electron chi connectivity index (χ1n) is 15.9. The minimum absolute atomic E-state index is 1.16. The van der Waals surface area contributed by atoms with Gasteiger partial charge in [0.25, 0.3) is 0 Å². The lowest BCUT2D eigenvalue weighted by Crippen LogP contribution is -1.96. The smallest absolute Gasteiger partial charge is 0.0619 e. The van der Waals surface area contributed by atoms with Crippen LogP contribution < -0.4 is 0 Å². The third-order valence-electron chi connectivity index (χ3n) is 9.65. The lowest BCUT2D eigenvalue weighted by molar-refractivity contribution is 1.17. The zero-order valence-electron chi connectivity index (χ0n) is 25.1. The van der Waals surface area contributed by atoms with Crippen LogP contribution in [0.4, 0.5) is 0 Å². The molecule has 0 saturated heterocycles. The maximum Gasteiger partial charge on any atom is 0.0619 e. The number of benzene rings is 8. The number of nitrogens with zero attached hydrogens (tertiary/aromatic N) is 2. The highest BCUT2D eigenvalue weighted by atomic mass is 15.0. The van der Waals surface area contributed by atoms with Crippen molar-refractivity contribution in [2.75, 3.05) is 0 Å². The topological polar surface area (TPSA) is 9.86 Å². The van der Waals surface area contributed by atoms with E-state index in [1.54, 1.807) is 0 Å². The summed E-state index contributed by atoms with van der Waals surface area (Å²) >= 11 is 0. The second-order valence-corrected chi connectivity index (χ2v) is 12.2. The molecule has 0 saturated carbocycles. The van der Waals surface area contributed by atoms with Crippen LogP contribution in [0.1, 0.15) is 0 Å². The zero-order chi connectivity index (χ0) is 30.2. The molecule has 0 N–H and O–H groups in total. The average Bonchev–Trinajstić information content (AvgIpc) is 3.63. The number of aromatic nitrogens is 2. The van der Waals surface area contributed by atoms with Crippen molar-refractivity contribution < 1.29 is 0 Å². The van der Waals surface area contributed by atoms with Gasteiger partial charge in [0, 0.05) is 38.3 Å². The van der Waals surface area contributed by atoms with E-state index in [9.17, 15) is 0 Å². The Bertz CT molecular complexity index is 2800. The Hall–Kier alpha value is -6.12. The summed E-state index contributed by atoms with van der Waals surface area (Å²) in [5, 5.41) is 10.1. The summed E-state index contributed by atoms with van der Waals surface area (Å²) in [6.07, 6.45) is 0. The lowest BCUT2D eigenvalue weighted by atomic mass is 10.0. The molecule has 0 fully saturated rings. The fraction of sp³-hybridized carbons (Fsp3) is 0. The van der Waals surface area contributed by atoms with Gasteiger partial charge in [-0.25, -0.2) is 0 Å². The molecule has 214 valence electrons. The first-order valence-corrected chi connectivity index (χ1v) is 15.9. The predicted octanol–water partition coefficient (Wildman–Crippen LogP) is 11.9. The van der Waals surface area contributed by atoms with Gasteiger partial charge in [-0.15, -0.1) is 0 Å². The highest BCUT2D eigenvalue weighted by molar-refractivity contribution is 6.23. The highest BCUT2D eigenvalue weighted by Gasteiger charge is 2.20. The molecule has 0 aliphatic heterocycles. The van der Waals surface area contributed by atoms with Crippen molar-refractivity contribution >= 4 is 65.2 Å². The lowest BCUT2D eigenvalue weighted by Gasteiger charge is -2.12. The second kappa shape index (κ2) is 9.69. The Morgan fingerprint density at radius 1 is 0.283 bits per heavy atom. The molecule has 0 atom stereocenters. The molecule has 0 radical (unpaired) electrons. The summed E-state index contributed by atoms with van der Waals surface area (Å²) < 4.78 is 4.90. The Morgan fingerprint density at radius 3 is 1.83 bits per heavy atom. The quantitative estimate of drug-likeness (QED) is 0.195. The largest absolute Gasteiger partial charge is 0.309 e. The molecule has 0 amide bonds. The van der Waals surface area contributed by atoms with Crippen LogP contribution in [0.2, 0.25) is 0 Å². The molecule has 2 heteroatoms. The molecule has 8 aromatic carbocycles. The summed E-state index contributed by atoms with van der Waals surface area (Å²) in [5.41, 5.74) is 9.62. The molecular formula is C44H28N2. The molecule has 2 nitrogen and oxygen atoms in total. The minimum Gasteiger partial charge on any atom is -0.309 e. The van der Waals surface area contributed by atoms with Gasteiger partial charge in [-0.3, -0.25) is 0 Å². The number of fused-ring (bicyclic) bond motifs is 9. The summed E-state index contributed by atoms with van der Waals surface area (Å²) in [5.74, 6) is 0. The third kappa shape index (κ3) is 3.65. The van der Waals surface area contributed by atoms with Crippen LogP contribution in [0.3, 0.4) is 0 Å². The molecule has 0 bridgehead atoms. The van der Waals surface area contributed by atoms with Crippen molar-refractivity contribution in [2.24, 2.45) is 0 Å². The molecule has 10 aromatic rings. The molecule has 10 rings (SSSR count). The van der Waals surface area contributed by atoms with Gasteiger partial charge in [0.05, 0.1) is 22.1 Å². The Balaban J connectivity index is 1.30. The first kappa shape index (κ1) is 25.2. The van der Waals surface area contributed by atoms with Crippen LogP contribution >= 0.6 is 0 Å². The minimum atomic E-state index is 1.16. The van der Waals surface area contributed by atoms with E-state index in [0.29, 0.717) is 0 Å². The van der Waals surface area contributed by atoms with Crippen molar-refractivity contribution in [1.82, 2.24) is 9.13 Å². The van der Waals surface area contributed by atoms with Crippen molar-refractivity contribution in [3.63, 3.8) is 0 Å². The first-order chi connectivity index (χ1) is 22.8. The monoisotopic (exact) mass is 584 g/mol. The summed E-state index contributed by atoms with van der Waals surface area (Å²) in [4.78, 5) is 0. The van der Waals surface area contributed by atoms with Gasteiger partial charge in [-0.2, -0.15) is 0 Å². The summed E-state index contributed by atoms with van der Waals surface area (Å²) in [6.45, 7) is 0. The highest BCUT2D eigenvalue weighted by Crippen LogP contribution is 2.42. The molecule has 0 aliphatic carbocycles. The van der Waals surface area contributed by atoms with Crippen molar-refractivity contribution in [3.05, 3.63) is 170 Å². The molecule has 2 heterocycles. The van der Waals surface area contributed by atoms with E-state index in [1.807, 2.05) is 0 Å². The molecular weight excluding hydrogens is 556 g/mol. The van der Waals surface area contributed by atoms with E-state index in [-0.39, 0.29) is 0 Å². The van der Waals surface area contributed by atoms with Crippen LogP contribution in [-0.2, 0) is 0 Å². The van der Waals surface area contributed by atoms with E-state index in [2.05, 4.69) is 179 Å². The SMILES string of the molecule is c1ccc(-n2c3cc4c(cc3c3ccc5ccccc5c32)c2ccccc2n4-c2cccc(-c3ccc4ccccc4c3)c2)cc1. The zero-order valence-corrected chi connectivity index (χ0v) is 25.1. The number of hydrogen-bond acceptors (Lipinski definition) is 0. The third-order valence-corrected chi connectivity index (χ3v) is 9.65. The number of rotatable bonds is 3. The number of hydrogen-bond donors (Lipinski definition) is 0. The van der Waals surface area contributed by atoms with Gasteiger partial charge >= 0.3 is 0 Å². The second-order valence-electron chi connectivity index (χ2n) is 12.2. The van der Waals surface area contributed by atoms with Gasteiger partial charge in [-0.1, -0.05) is 121 Å². The van der Waals surface area contributed by atoms with Crippen molar-refractivity contribution in [3.8, 4) is 22.5 Å². The molecule has 0 unspecified atom stereocenters. The van der Waals surface area contributed by atoms with Crippen LogP contribution in [-0.4, -0.2) is 9.13 Å². The Kier molecular flexibility index (Phi) is 5.31. The summed E-state index contributed by atoms with van der Waals surface area (Å²) in [6, 6.07) is 62.0. The van der Waals surface area contributed by atoms with Gasteiger partial charge in [0.2, 0.25) is 0 Å². The van der Waals surface area contributed by atoms with Crippen LogP contribution in [0.15, 0.2) is 170 Å². The van der Waals surface area contributed by atoms with E-state index >= 15 is 0 Å². The van der Waals surface area contributed by atoms with Gasteiger partial charge in [0.15, 0.2) is 0 Å². The molecule has 2 aromatic heterocycles. The van der Waals surface area contributed by atoms with Crippen LogP contribution in [0.5, 0.6) is 0 Å². The molecule has 46 heavy (non-hydrogen) atoms.